The number of hydrogen-bond donors (Lipinski definition) is 3. The van der Waals surface area contributed by atoms with Gasteiger partial charge in [0.1, 0.15) is 0 Å². The van der Waals surface area contributed by atoms with Crippen molar-refractivity contribution in [2.45, 2.75) is 25.7 Å². The van der Waals surface area contributed by atoms with Crippen molar-refractivity contribution in [1.29, 1.82) is 0 Å². The lowest BCUT2D eigenvalue weighted by Gasteiger charge is -2.17. The Morgan fingerprint density at radius 3 is 2.57 bits per heavy atom. The molecule has 23 heavy (non-hydrogen) atoms. The van der Waals surface area contributed by atoms with Crippen LogP contribution in [0.4, 0.5) is 5.69 Å². The summed E-state index contributed by atoms with van der Waals surface area (Å²) in [6.07, 6.45) is 3.25. The van der Waals surface area contributed by atoms with Gasteiger partial charge in [-0.1, -0.05) is 22.4 Å². The molecule has 0 spiro atoms. The first-order chi connectivity index (χ1) is 10.6. The molecule has 0 aliphatic heterocycles. The van der Waals surface area contributed by atoms with Gasteiger partial charge in [-0.2, -0.15) is 0 Å². The summed E-state index contributed by atoms with van der Waals surface area (Å²) < 4.78 is 0.962. The topological polar surface area (TPSA) is 84.2 Å². The number of nitrogens with one attached hydrogen (secondary N) is 2. The summed E-state index contributed by atoms with van der Waals surface area (Å²) in [5.74, 6) is 0.227. The van der Waals surface area contributed by atoms with Crippen molar-refractivity contribution < 1.29 is 9.59 Å². The van der Waals surface area contributed by atoms with E-state index in [0.717, 1.165) is 29.4 Å². The first kappa shape index (κ1) is 19.9. The zero-order valence-corrected chi connectivity index (χ0v) is 15.3. The average Bonchev–Trinajstić information content (AvgIpc) is 2.98. The summed E-state index contributed by atoms with van der Waals surface area (Å²) >= 11 is 3.34. The summed E-state index contributed by atoms with van der Waals surface area (Å²) in [7, 11) is 0. The number of rotatable bonds is 6. The van der Waals surface area contributed by atoms with Crippen molar-refractivity contribution in [2.75, 3.05) is 18.4 Å². The number of carbonyl (C=O) groups excluding carboxylic acids is 2. The Labute approximate surface area is 151 Å². The second-order valence-electron chi connectivity index (χ2n) is 5.63. The van der Waals surface area contributed by atoms with E-state index in [4.69, 9.17) is 5.73 Å². The molecule has 2 amide bonds. The minimum atomic E-state index is -0.107. The number of nitrogens with two attached hydrogens (primary N) is 1. The lowest BCUT2D eigenvalue weighted by atomic mass is 9.95. The van der Waals surface area contributed by atoms with Crippen molar-refractivity contribution in [3.63, 3.8) is 0 Å². The van der Waals surface area contributed by atoms with Crippen LogP contribution in [-0.2, 0) is 9.59 Å². The second kappa shape index (κ2) is 9.90. The van der Waals surface area contributed by atoms with Gasteiger partial charge in [-0.05, 0) is 49.6 Å². The molecular weight excluding hydrogens is 382 g/mol. The smallest absolute Gasteiger partial charge is 0.226 e. The van der Waals surface area contributed by atoms with Gasteiger partial charge in [0, 0.05) is 29.0 Å². The molecule has 1 aliphatic rings. The van der Waals surface area contributed by atoms with Crippen molar-refractivity contribution in [1.82, 2.24) is 5.32 Å². The molecule has 0 unspecified atom stereocenters. The fraction of sp³-hybridized carbons (Fsp3) is 0.500. The van der Waals surface area contributed by atoms with Crippen LogP contribution in [0.15, 0.2) is 28.7 Å². The van der Waals surface area contributed by atoms with Crippen molar-refractivity contribution in [3.05, 3.63) is 28.7 Å². The third-order valence-corrected chi connectivity index (χ3v) is 4.61. The Bertz CT molecular complexity index is 525. The highest BCUT2D eigenvalue weighted by molar-refractivity contribution is 9.10. The molecule has 0 radical (unpaired) electrons. The van der Waals surface area contributed by atoms with Gasteiger partial charge in [0.25, 0.3) is 0 Å². The van der Waals surface area contributed by atoms with Gasteiger partial charge >= 0.3 is 0 Å². The maximum atomic E-state index is 12.1. The third-order valence-electron chi connectivity index (χ3n) is 4.08. The van der Waals surface area contributed by atoms with Crippen LogP contribution in [0.2, 0.25) is 0 Å². The van der Waals surface area contributed by atoms with Crippen LogP contribution >= 0.6 is 28.3 Å². The molecule has 1 aliphatic carbocycles. The third kappa shape index (κ3) is 6.12. The molecular formula is C16H23BrClN3O2. The summed E-state index contributed by atoms with van der Waals surface area (Å²) in [6, 6.07) is 7.38. The predicted molar refractivity (Wildman–Crippen MR) is 97.5 cm³/mol. The van der Waals surface area contributed by atoms with Gasteiger partial charge in [-0.3, -0.25) is 9.59 Å². The van der Waals surface area contributed by atoms with E-state index in [1.165, 1.54) is 0 Å². The minimum absolute atomic E-state index is 0. The highest BCUT2D eigenvalue weighted by Crippen LogP contribution is 2.30. The molecule has 0 saturated heterocycles. The predicted octanol–water partition coefficient (Wildman–Crippen LogP) is 2.69. The Kier molecular flexibility index (Phi) is 8.58. The highest BCUT2D eigenvalue weighted by atomic mass is 79.9. The molecule has 2 rings (SSSR count). The SMILES string of the molecule is Cl.NC[C@H]1CCC[C@H]1C(=O)NCCC(=O)Nc1ccc(Br)cc1. The van der Waals surface area contributed by atoms with Crippen LogP contribution in [0, 0.1) is 11.8 Å². The number of hydrogen-bond acceptors (Lipinski definition) is 3. The molecule has 1 aromatic carbocycles. The molecule has 0 bridgehead atoms. The Morgan fingerprint density at radius 2 is 1.91 bits per heavy atom. The van der Waals surface area contributed by atoms with Gasteiger partial charge in [-0.25, -0.2) is 0 Å². The summed E-state index contributed by atoms with van der Waals surface area (Å²) in [6.45, 7) is 0.914. The molecule has 1 fully saturated rings. The van der Waals surface area contributed by atoms with E-state index in [2.05, 4.69) is 26.6 Å². The minimum Gasteiger partial charge on any atom is -0.355 e. The first-order valence-electron chi connectivity index (χ1n) is 7.63. The lowest BCUT2D eigenvalue weighted by Crippen LogP contribution is -2.36. The highest BCUT2D eigenvalue weighted by Gasteiger charge is 2.31. The quantitative estimate of drug-likeness (QED) is 0.681. The van der Waals surface area contributed by atoms with Gasteiger partial charge in [-0.15, -0.1) is 12.4 Å². The number of amides is 2. The standard InChI is InChI=1S/C16H22BrN3O2.ClH/c17-12-4-6-13(7-5-12)20-15(21)8-9-19-16(22)14-3-1-2-11(14)10-18;/h4-7,11,14H,1-3,8-10,18H2,(H,19,22)(H,20,21);1H/t11-,14-;/m1./s1. The van der Waals surface area contributed by atoms with E-state index in [1.54, 1.807) is 0 Å². The zero-order valence-electron chi connectivity index (χ0n) is 12.9. The summed E-state index contributed by atoms with van der Waals surface area (Å²) in [5.41, 5.74) is 6.44. The van der Waals surface area contributed by atoms with Gasteiger partial charge < -0.3 is 16.4 Å². The number of carbonyl (C=O) groups is 2. The van der Waals surface area contributed by atoms with Crippen LogP contribution in [0.1, 0.15) is 25.7 Å². The van der Waals surface area contributed by atoms with Crippen LogP contribution in [0.25, 0.3) is 0 Å². The van der Waals surface area contributed by atoms with Gasteiger partial charge in [0.15, 0.2) is 0 Å². The normalized spacial score (nSPS) is 19.7. The van der Waals surface area contributed by atoms with E-state index in [-0.39, 0.29) is 42.5 Å². The molecule has 4 N–H and O–H groups in total. The molecule has 1 aromatic rings. The van der Waals surface area contributed by atoms with Crippen LogP contribution in [0.3, 0.4) is 0 Å². The maximum absolute atomic E-state index is 12.1. The van der Waals surface area contributed by atoms with Gasteiger partial charge in [0.05, 0.1) is 0 Å². The van der Waals surface area contributed by atoms with Crippen molar-refractivity contribution >= 4 is 45.8 Å². The number of benzene rings is 1. The van der Waals surface area contributed by atoms with E-state index >= 15 is 0 Å². The fourth-order valence-corrected chi connectivity index (χ4v) is 3.12. The molecule has 0 aromatic heterocycles. The van der Waals surface area contributed by atoms with E-state index in [9.17, 15) is 9.59 Å². The van der Waals surface area contributed by atoms with Crippen molar-refractivity contribution in [2.24, 2.45) is 17.6 Å². The fourth-order valence-electron chi connectivity index (χ4n) is 2.85. The van der Waals surface area contributed by atoms with Crippen LogP contribution in [-0.4, -0.2) is 24.9 Å². The summed E-state index contributed by atoms with van der Waals surface area (Å²) in [5, 5.41) is 5.65. The van der Waals surface area contributed by atoms with Crippen LogP contribution < -0.4 is 16.4 Å². The summed E-state index contributed by atoms with van der Waals surface area (Å²) in [4.78, 5) is 23.9. The Hall–Kier alpha value is -1.11. The number of anilines is 1. The second-order valence-corrected chi connectivity index (χ2v) is 6.54. The van der Waals surface area contributed by atoms with E-state index in [1.807, 2.05) is 24.3 Å². The lowest BCUT2D eigenvalue weighted by molar-refractivity contribution is -0.126. The Balaban J connectivity index is 0.00000264. The molecule has 1 saturated carbocycles. The Morgan fingerprint density at radius 1 is 1.22 bits per heavy atom. The molecule has 0 heterocycles. The molecule has 5 nitrogen and oxygen atoms in total. The first-order valence-corrected chi connectivity index (χ1v) is 8.42. The largest absolute Gasteiger partial charge is 0.355 e. The van der Waals surface area contributed by atoms with Gasteiger partial charge in [0.2, 0.25) is 11.8 Å². The molecule has 128 valence electrons. The average molecular weight is 405 g/mol. The van der Waals surface area contributed by atoms with Crippen molar-refractivity contribution in [3.8, 4) is 0 Å². The maximum Gasteiger partial charge on any atom is 0.226 e. The molecule has 2 atom stereocenters. The van der Waals surface area contributed by atoms with Crippen LogP contribution in [0.5, 0.6) is 0 Å². The monoisotopic (exact) mass is 403 g/mol. The van der Waals surface area contributed by atoms with E-state index in [0.29, 0.717) is 13.1 Å². The number of halogens is 2. The zero-order chi connectivity index (χ0) is 15.9. The molecule has 7 heteroatoms. The van der Waals surface area contributed by atoms with E-state index < -0.39 is 0 Å².